The van der Waals surface area contributed by atoms with Crippen LogP contribution in [-0.4, -0.2) is 6.54 Å². The molecule has 0 spiro atoms. The minimum absolute atomic E-state index is 0.160. The molecule has 0 aliphatic heterocycles. The zero-order valence-corrected chi connectivity index (χ0v) is 12.4. The fraction of sp³-hybridized carbons (Fsp3) is 0.286. The number of benzene rings is 1. The van der Waals surface area contributed by atoms with E-state index in [1.165, 1.54) is 5.56 Å². The van der Waals surface area contributed by atoms with E-state index < -0.39 is 0 Å². The van der Waals surface area contributed by atoms with Gasteiger partial charge >= 0.3 is 0 Å². The van der Waals surface area contributed by atoms with Crippen LogP contribution in [0.15, 0.2) is 35.0 Å². The maximum absolute atomic E-state index is 6.08. The third-order valence-electron chi connectivity index (χ3n) is 2.69. The molecule has 96 valence electrons. The molecular formula is C14H15Cl2NS. The van der Waals surface area contributed by atoms with Gasteiger partial charge in [-0.15, -0.1) is 0 Å². The van der Waals surface area contributed by atoms with Crippen LogP contribution in [0.5, 0.6) is 0 Å². The first-order valence-corrected chi connectivity index (χ1v) is 7.62. The highest BCUT2D eigenvalue weighted by atomic mass is 35.5. The highest BCUT2D eigenvalue weighted by molar-refractivity contribution is 7.08. The summed E-state index contributed by atoms with van der Waals surface area (Å²) in [5.74, 6) is 0. The van der Waals surface area contributed by atoms with Crippen molar-refractivity contribution in [1.82, 2.24) is 5.32 Å². The Balaban J connectivity index is 2.33. The van der Waals surface area contributed by atoms with Gasteiger partial charge in [-0.2, -0.15) is 11.3 Å². The Hall–Kier alpha value is -0.540. The van der Waals surface area contributed by atoms with Crippen LogP contribution in [-0.2, 0) is 0 Å². The van der Waals surface area contributed by atoms with Gasteiger partial charge in [-0.25, -0.2) is 0 Å². The van der Waals surface area contributed by atoms with E-state index in [9.17, 15) is 0 Å². The molecule has 1 aromatic heterocycles. The van der Waals surface area contributed by atoms with E-state index in [0.29, 0.717) is 10.0 Å². The molecule has 0 aliphatic carbocycles. The number of hydrogen-bond donors (Lipinski definition) is 1. The van der Waals surface area contributed by atoms with Crippen molar-refractivity contribution in [1.29, 1.82) is 0 Å². The van der Waals surface area contributed by atoms with Gasteiger partial charge in [0.25, 0.3) is 0 Å². The molecule has 2 aromatic rings. The van der Waals surface area contributed by atoms with E-state index in [2.05, 4.69) is 29.1 Å². The molecule has 0 radical (unpaired) electrons. The molecule has 2 rings (SSSR count). The van der Waals surface area contributed by atoms with Crippen molar-refractivity contribution in [2.45, 2.75) is 19.4 Å². The first-order chi connectivity index (χ1) is 8.70. The molecule has 0 saturated heterocycles. The predicted molar refractivity (Wildman–Crippen MR) is 80.9 cm³/mol. The third kappa shape index (κ3) is 3.48. The van der Waals surface area contributed by atoms with Crippen molar-refractivity contribution in [2.24, 2.45) is 0 Å². The average molecular weight is 300 g/mol. The monoisotopic (exact) mass is 299 g/mol. The molecule has 0 aliphatic rings. The van der Waals surface area contributed by atoms with Crippen molar-refractivity contribution >= 4 is 34.5 Å². The molecule has 4 heteroatoms. The summed E-state index contributed by atoms with van der Waals surface area (Å²) in [6.45, 7) is 3.12. The van der Waals surface area contributed by atoms with Crippen LogP contribution >= 0.6 is 34.5 Å². The van der Waals surface area contributed by atoms with Crippen molar-refractivity contribution in [3.63, 3.8) is 0 Å². The van der Waals surface area contributed by atoms with Gasteiger partial charge in [-0.3, -0.25) is 0 Å². The first-order valence-electron chi connectivity index (χ1n) is 5.92. The molecule has 0 bridgehead atoms. The lowest BCUT2D eigenvalue weighted by molar-refractivity contribution is 0.600. The minimum Gasteiger partial charge on any atom is -0.306 e. The second-order valence-electron chi connectivity index (χ2n) is 4.15. The third-order valence-corrected chi connectivity index (χ3v) is 3.83. The minimum atomic E-state index is 0.160. The Labute approximate surface area is 122 Å². The fourth-order valence-corrected chi connectivity index (χ4v) is 3.13. The molecular weight excluding hydrogens is 285 g/mol. The van der Waals surface area contributed by atoms with Gasteiger partial charge in [0.1, 0.15) is 0 Å². The van der Waals surface area contributed by atoms with E-state index in [4.69, 9.17) is 23.2 Å². The van der Waals surface area contributed by atoms with Gasteiger partial charge in [0.05, 0.1) is 6.04 Å². The number of hydrogen-bond acceptors (Lipinski definition) is 2. The van der Waals surface area contributed by atoms with Gasteiger partial charge in [0.15, 0.2) is 0 Å². The lowest BCUT2D eigenvalue weighted by Crippen LogP contribution is -2.22. The van der Waals surface area contributed by atoms with Crippen molar-refractivity contribution < 1.29 is 0 Å². The van der Waals surface area contributed by atoms with Gasteiger partial charge < -0.3 is 5.32 Å². The van der Waals surface area contributed by atoms with Crippen molar-refractivity contribution in [2.75, 3.05) is 6.54 Å². The van der Waals surface area contributed by atoms with Crippen LogP contribution in [0, 0.1) is 0 Å². The quantitative estimate of drug-likeness (QED) is 0.805. The summed E-state index contributed by atoms with van der Waals surface area (Å²) >= 11 is 13.9. The normalized spacial score (nSPS) is 12.6. The first kappa shape index (κ1) is 13.9. The topological polar surface area (TPSA) is 12.0 Å². The van der Waals surface area contributed by atoms with Crippen LogP contribution in [0.2, 0.25) is 10.0 Å². The van der Waals surface area contributed by atoms with Gasteiger partial charge in [0.2, 0.25) is 0 Å². The van der Waals surface area contributed by atoms with E-state index in [1.807, 2.05) is 12.1 Å². The second kappa shape index (κ2) is 6.58. The summed E-state index contributed by atoms with van der Waals surface area (Å²) in [6.07, 6.45) is 1.09. The standard InChI is InChI=1S/C14H15Cl2NS/c1-2-4-17-14(10-3-5-18-9-10)11-6-12(15)8-13(16)7-11/h3,5-9,14,17H,2,4H2,1H3. The largest absolute Gasteiger partial charge is 0.306 e. The Bertz CT molecular complexity index is 476. The Morgan fingerprint density at radius 1 is 1.17 bits per heavy atom. The molecule has 1 nitrogen and oxygen atoms in total. The average Bonchev–Trinajstić information content (AvgIpc) is 2.82. The van der Waals surface area contributed by atoms with Crippen molar-refractivity contribution in [3.05, 3.63) is 56.2 Å². The maximum Gasteiger partial charge on any atom is 0.0585 e. The Morgan fingerprint density at radius 3 is 2.44 bits per heavy atom. The van der Waals surface area contributed by atoms with Crippen LogP contribution < -0.4 is 5.32 Å². The lowest BCUT2D eigenvalue weighted by Gasteiger charge is -2.18. The summed E-state index contributed by atoms with van der Waals surface area (Å²) in [6, 6.07) is 7.99. The highest BCUT2D eigenvalue weighted by Crippen LogP contribution is 2.28. The molecule has 0 amide bonds. The Kier molecular flexibility index (Phi) is 5.07. The molecule has 1 aromatic carbocycles. The summed E-state index contributed by atoms with van der Waals surface area (Å²) in [7, 11) is 0. The number of halogens is 2. The van der Waals surface area contributed by atoms with E-state index in [1.54, 1.807) is 17.4 Å². The van der Waals surface area contributed by atoms with Gasteiger partial charge in [-0.05, 0) is 59.1 Å². The molecule has 1 atom stereocenters. The number of nitrogens with one attached hydrogen (secondary N) is 1. The summed E-state index contributed by atoms with van der Waals surface area (Å²) in [5, 5.41) is 9.13. The molecule has 18 heavy (non-hydrogen) atoms. The van der Waals surface area contributed by atoms with Crippen LogP contribution in [0.25, 0.3) is 0 Å². The van der Waals surface area contributed by atoms with Gasteiger partial charge in [0, 0.05) is 10.0 Å². The smallest absolute Gasteiger partial charge is 0.0585 e. The molecule has 1 unspecified atom stereocenters. The number of thiophene rings is 1. The molecule has 1 heterocycles. The van der Waals surface area contributed by atoms with Crippen LogP contribution in [0.4, 0.5) is 0 Å². The van der Waals surface area contributed by atoms with E-state index >= 15 is 0 Å². The maximum atomic E-state index is 6.08. The Morgan fingerprint density at radius 2 is 1.89 bits per heavy atom. The summed E-state index contributed by atoms with van der Waals surface area (Å²) in [4.78, 5) is 0. The number of rotatable bonds is 5. The van der Waals surface area contributed by atoms with Crippen LogP contribution in [0.1, 0.15) is 30.5 Å². The SMILES string of the molecule is CCCNC(c1ccsc1)c1cc(Cl)cc(Cl)c1. The van der Waals surface area contributed by atoms with Gasteiger partial charge in [-0.1, -0.05) is 30.1 Å². The summed E-state index contributed by atoms with van der Waals surface area (Å²) in [5.41, 5.74) is 2.37. The lowest BCUT2D eigenvalue weighted by atomic mass is 10.0. The van der Waals surface area contributed by atoms with Crippen LogP contribution in [0.3, 0.4) is 0 Å². The zero-order chi connectivity index (χ0) is 13.0. The predicted octanol–water partition coefficient (Wildman–Crippen LogP) is 5.14. The summed E-state index contributed by atoms with van der Waals surface area (Å²) < 4.78 is 0. The molecule has 1 N–H and O–H groups in total. The molecule has 0 fully saturated rings. The fourth-order valence-electron chi connectivity index (χ4n) is 1.90. The zero-order valence-electron chi connectivity index (χ0n) is 10.1. The van der Waals surface area contributed by atoms with Crippen molar-refractivity contribution in [3.8, 4) is 0 Å². The highest BCUT2D eigenvalue weighted by Gasteiger charge is 2.14. The second-order valence-corrected chi connectivity index (χ2v) is 5.80. The van der Waals surface area contributed by atoms with E-state index in [-0.39, 0.29) is 6.04 Å². The van der Waals surface area contributed by atoms with E-state index in [0.717, 1.165) is 18.5 Å². The molecule has 0 saturated carbocycles.